The number of rotatable bonds is 6. The molecule has 0 aliphatic heterocycles. The average Bonchev–Trinajstić information content (AvgIpc) is 2.54. The van der Waals surface area contributed by atoms with Gasteiger partial charge in [0.05, 0.1) is 11.5 Å². The molecule has 0 saturated heterocycles. The number of anilines is 1. The van der Waals surface area contributed by atoms with E-state index in [-0.39, 0.29) is 29.3 Å². The van der Waals surface area contributed by atoms with Crippen LogP contribution < -0.4 is 10.0 Å². The van der Waals surface area contributed by atoms with E-state index in [9.17, 15) is 17.6 Å². The number of aliphatic hydroxyl groups is 1. The molecule has 0 aromatic heterocycles. The van der Waals surface area contributed by atoms with E-state index in [0.717, 1.165) is 12.1 Å². The van der Waals surface area contributed by atoms with Crippen LogP contribution in [0.1, 0.15) is 10.4 Å². The highest BCUT2D eigenvalue weighted by Crippen LogP contribution is 2.17. The summed E-state index contributed by atoms with van der Waals surface area (Å²) in [6.45, 7) is -0.0647. The van der Waals surface area contributed by atoms with Gasteiger partial charge in [-0.05, 0) is 48.5 Å². The topological polar surface area (TPSA) is 95.5 Å². The fourth-order valence-electron chi connectivity index (χ4n) is 1.79. The van der Waals surface area contributed by atoms with Gasteiger partial charge in [-0.25, -0.2) is 12.8 Å². The van der Waals surface area contributed by atoms with Crippen LogP contribution in [0.2, 0.25) is 0 Å². The first-order valence-electron chi connectivity index (χ1n) is 6.70. The number of nitrogens with one attached hydrogen (secondary N) is 2. The Morgan fingerprint density at radius 2 is 1.65 bits per heavy atom. The normalized spacial score (nSPS) is 11.0. The molecule has 0 heterocycles. The third-order valence-corrected chi connectivity index (χ3v) is 4.32. The summed E-state index contributed by atoms with van der Waals surface area (Å²) in [5.74, 6) is -0.874. The Labute approximate surface area is 133 Å². The molecule has 0 fully saturated rings. The summed E-state index contributed by atoms with van der Waals surface area (Å²) in [4.78, 5) is 11.6. The fraction of sp³-hybridized carbons (Fsp3) is 0.133. The Balaban J connectivity index is 2.14. The average molecular weight is 338 g/mol. The number of hydrogen-bond donors (Lipinski definition) is 3. The summed E-state index contributed by atoms with van der Waals surface area (Å²) in [5, 5.41) is 11.1. The minimum atomic E-state index is -3.83. The molecule has 2 rings (SSSR count). The van der Waals surface area contributed by atoms with Gasteiger partial charge < -0.3 is 10.4 Å². The summed E-state index contributed by atoms with van der Waals surface area (Å²) in [6.07, 6.45) is 0. The molecule has 6 nitrogen and oxygen atoms in total. The van der Waals surface area contributed by atoms with E-state index in [2.05, 4.69) is 10.0 Å². The Hall–Kier alpha value is -2.45. The van der Waals surface area contributed by atoms with E-state index in [0.29, 0.717) is 0 Å². The van der Waals surface area contributed by atoms with Gasteiger partial charge in [0.1, 0.15) is 5.82 Å². The number of sulfonamides is 1. The number of halogens is 1. The number of carbonyl (C=O) groups excluding carboxylic acids is 1. The monoisotopic (exact) mass is 338 g/mol. The van der Waals surface area contributed by atoms with E-state index < -0.39 is 21.7 Å². The van der Waals surface area contributed by atoms with Crippen LogP contribution in [0.4, 0.5) is 10.1 Å². The van der Waals surface area contributed by atoms with Crippen LogP contribution in [0.25, 0.3) is 0 Å². The number of hydrogen-bond acceptors (Lipinski definition) is 4. The lowest BCUT2D eigenvalue weighted by Gasteiger charge is -2.09. The Morgan fingerprint density at radius 1 is 1.04 bits per heavy atom. The summed E-state index contributed by atoms with van der Waals surface area (Å²) in [6, 6.07) is 10.2. The maximum atomic E-state index is 12.8. The Bertz CT molecular complexity index is 774. The van der Waals surface area contributed by atoms with Crippen LogP contribution >= 0.6 is 0 Å². The lowest BCUT2D eigenvalue weighted by atomic mass is 10.2. The zero-order chi connectivity index (χ0) is 16.9. The van der Waals surface area contributed by atoms with Crippen LogP contribution in [0, 0.1) is 5.82 Å². The van der Waals surface area contributed by atoms with Crippen molar-refractivity contribution >= 4 is 21.6 Å². The summed E-state index contributed by atoms with van der Waals surface area (Å²) in [5.41, 5.74) is 0.510. The molecule has 0 saturated carbocycles. The zero-order valence-electron chi connectivity index (χ0n) is 12.0. The molecule has 0 aliphatic carbocycles. The molecule has 0 unspecified atom stereocenters. The largest absolute Gasteiger partial charge is 0.395 e. The first-order chi connectivity index (χ1) is 10.9. The molecule has 0 bridgehead atoms. The van der Waals surface area contributed by atoms with Crippen molar-refractivity contribution in [2.24, 2.45) is 0 Å². The van der Waals surface area contributed by atoms with E-state index in [1.54, 1.807) is 0 Å². The third-order valence-electron chi connectivity index (χ3n) is 2.92. The van der Waals surface area contributed by atoms with Crippen LogP contribution in [-0.2, 0) is 10.0 Å². The maximum Gasteiger partial charge on any atom is 0.261 e. The first kappa shape index (κ1) is 16.9. The maximum absolute atomic E-state index is 12.8. The highest BCUT2D eigenvalue weighted by atomic mass is 32.2. The van der Waals surface area contributed by atoms with Crippen molar-refractivity contribution in [1.82, 2.24) is 5.32 Å². The van der Waals surface area contributed by atoms with Gasteiger partial charge in [-0.2, -0.15) is 0 Å². The standard InChI is InChI=1S/C15H15FN2O4S/c16-12-3-5-13(6-4-12)18-23(21,22)14-7-1-11(2-8-14)15(20)17-9-10-19/h1-8,18-19H,9-10H2,(H,17,20). The van der Waals surface area contributed by atoms with Crippen molar-refractivity contribution in [3.8, 4) is 0 Å². The molecule has 0 spiro atoms. The molecule has 2 aromatic carbocycles. The highest BCUT2D eigenvalue weighted by molar-refractivity contribution is 7.92. The first-order valence-corrected chi connectivity index (χ1v) is 8.18. The zero-order valence-corrected chi connectivity index (χ0v) is 12.8. The van der Waals surface area contributed by atoms with Crippen LogP contribution in [0.15, 0.2) is 53.4 Å². The quantitative estimate of drug-likeness (QED) is 0.741. The molecule has 0 aliphatic rings. The molecule has 0 atom stereocenters. The van der Waals surface area contributed by atoms with Crippen molar-refractivity contribution in [1.29, 1.82) is 0 Å². The SMILES string of the molecule is O=C(NCCO)c1ccc(S(=O)(=O)Nc2ccc(F)cc2)cc1. The summed E-state index contributed by atoms with van der Waals surface area (Å²) < 4.78 is 39.5. The second-order valence-corrected chi connectivity index (χ2v) is 6.30. The second kappa shape index (κ2) is 7.21. The fourth-order valence-corrected chi connectivity index (χ4v) is 2.85. The van der Waals surface area contributed by atoms with Gasteiger partial charge in [0.2, 0.25) is 0 Å². The van der Waals surface area contributed by atoms with Gasteiger partial charge >= 0.3 is 0 Å². The van der Waals surface area contributed by atoms with E-state index >= 15 is 0 Å². The van der Waals surface area contributed by atoms with Gasteiger partial charge in [-0.3, -0.25) is 9.52 Å². The van der Waals surface area contributed by atoms with E-state index in [1.807, 2.05) is 0 Å². The second-order valence-electron chi connectivity index (χ2n) is 4.62. The van der Waals surface area contributed by atoms with Gasteiger partial charge in [0, 0.05) is 17.8 Å². The molecular formula is C15H15FN2O4S. The molecule has 122 valence electrons. The van der Waals surface area contributed by atoms with Crippen LogP contribution in [0.3, 0.4) is 0 Å². The van der Waals surface area contributed by atoms with Crippen LogP contribution in [-0.4, -0.2) is 32.6 Å². The molecule has 2 aromatic rings. The van der Waals surface area contributed by atoms with Gasteiger partial charge in [0.15, 0.2) is 0 Å². The molecule has 1 amide bonds. The number of carbonyl (C=O) groups is 1. The van der Waals surface area contributed by atoms with E-state index in [4.69, 9.17) is 5.11 Å². The van der Waals surface area contributed by atoms with Crippen molar-refractivity contribution < 1.29 is 22.7 Å². The number of benzene rings is 2. The number of aliphatic hydroxyl groups excluding tert-OH is 1. The van der Waals surface area contributed by atoms with Crippen molar-refractivity contribution in [3.05, 3.63) is 59.9 Å². The smallest absolute Gasteiger partial charge is 0.261 e. The highest BCUT2D eigenvalue weighted by Gasteiger charge is 2.15. The molecule has 3 N–H and O–H groups in total. The summed E-state index contributed by atoms with van der Waals surface area (Å²) in [7, 11) is -3.83. The lowest BCUT2D eigenvalue weighted by Crippen LogP contribution is -2.26. The minimum Gasteiger partial charge on any atom is -0.395 e. The Kier molecular flexibility index (Phi) is 5.30. The van der Waals surface area contributed by atoms with Crippen LogP contribution in [0.5, 0.6) is 0 Å². The van der Waals surface area contributed by atoms with Gasteiger partial charge in [-0.15, -0.1) is 0 Å². The Morgan fingerprint density at radius 3 is 2.22 bits per heavy atom. The van der Waals surface area contributed by atoms with Crippen molar-refractivity contribution in [2.75, 3.05) is 17.9 Å². The lowest BCUT2D eigenvalue weighted by molar-refractivity contribution is 0.0944. The summed E-state index contributed by atoms with van der Waals surface area (Å²) >= 11 is 0. The minimum absolute atomic E-state index is 0.0273. The van der Waals surface area contributed by atoms with Crippen molar-refractivity contribution in [2.45, 2.75) is 4.90 Å². The van der Waals surface area contributed by atoms with Gasteiger partial charge in [-0.1, -0.05) is 0 Å². The van der Waals surface area contributed by atoms with Crippen molar-refractivity contribution in [3.63, 3.8) is 0 Å². The molecular weight excluding hydrogens is 323 g/mol. The molecule has 23 heavy (non-hydrogen) atoms. The predicted molar refractivity (Wildman–Crippen MR) is 83.1 cm³/mol. The van der Waals surface area contributed by atoms with E-state index in [1.165, 1.54) is 36.4 Å². The third kappa shape index (κ3) is 4.51. The van der Waals surface area contributed by atoms with Gasteiger partial charge in [0.25, 0.3) is 15.9 Å². The predicted octanol–water partition coefficient (Wildman–Crippen LogP) is 1.35. The molecule has 8 heteroatoms. The molecule has 0 radical (unpaired) electrons. The number of amides is 1.